The molecule has 0 amide bonds. The fraction of sp³-hybridized carbons (Fsp3) is 0.500. The van der Waals surface area contributed by atoms with E-state index in [0.717, 1.165) is 102 Å². The molecule has 4 unspecified atom stereocenters. The Kier molecular flexibility index (Phi) is 14.2. The Morgan fingerprint density at radius 3 is 1.43 bits per heavy atom. The Morgan fingerprint density at radius 2 is 1.00 bits per heavy atom. The van der Waals surface area contributed by atoms with E-state index < -0.39 is 8.80 Å². The van der Waals surface area contributed by atoms with Crippen LogP contribution >= 0.6 is 0 Å². The minimum atomic E-state index is -2.66. The van der Waals surface area contributed by atoms with Gasteiger partial charge in [-0.3, -0.25) is 0 Å². The van der Waals surface area contributed by atoms with Gasteiger partial charge in [-0.15, -0.1) is 6.58 Å². The summed E-state index contributed by atoms with van der Waals surface area (Å²) >= 11 is 0. The fourth-order valence-corrected chi connectivity index (χ4v) is 9.28. The maximum atomic E-state index is 6.30. The topological polar surface area (TPSA) is 115 Å². The van der Waals surface area contributed by atoms with Gasteiger partial charge < -0.3 is 51.2 Å². The molecule has 4 heterocycles. The van der Waals surface area contributed by atoms with Crippen LogP contribution < -0.4 is 18.9 Å². The SMILES string of the molecule is C=CCc1ccc2c(OCC3CO3)cccc2c1OCC1CO1.CCO[Si](CCCc1ccc2c(OCC3CO3)cccc2c1OCC1CO1)(OCC)OCC. The third-order valence-electron chi connectivity index (χ3n) is 9.78. The van der Waals surface area contributed by atoms with Crippen molar-refractivity contribution >= 4 is 30.3 Å². The first-order valence-electron chi connectivity index (χ1n) is 20.1. The molecule has 8 rings (SSSR count). The molecule has 4 saturated heterocycles. The fourth-order valence-electron chi connectivity index (χ4n) is 6.67. The van der Waals surface area contributed by atoms with Crippen molar-refractivity contribution in [3.05, 3.63) is 84.4 Å². The van der Waals surface area contributed by atoms with E-state index in [0.29, 0.717) is 46.2 Å². The third kappa shape index (κ3) is 11.2. The molecule has 0 N–H and O–H groups in total. The molecule has 4 aliphatic rings. The molecule has 0 aliphatic carbocycles. The summed E-state index contributed by atoms with van der Waals surface area (Å²) in [7, 11) is -2.66. The number of hydrogen-bond acceptors (Lipinski definition) is 11. The standard InChI is InChI=1S/C25H36O7Si.C19H20O4/c1-4-30-33(31-5-2,32-6-3)14-8-9-19-12-13-22-23(25(19)29-18-21-16-27-21)10-7-11-24(22)28-17-20-15-26-20;1-2-4-13-7-8-16-17(19(13)23-12-15-10-21-15)5-3-6-18(16)22-11-14-9-20-14/h7,10-13,20-21H,4-6,8-9,14-18H2,1-3H3;2-3,5-8,14-15H,1,4,9-12H2. The molecule has 4 aromatic carbocycles. The molecule has 0 bridgehead atoms. The van der Waals surface area contributed by atoms with Crippen molar-refractivity contribution in [3.63, 3.8) is 0 Å². The summed E-state index contributed by atoms with van der Waals surface area (Å²) in [5.74, 6) is 3.55. The number of ether oxygens (including phenoxy) is 8. The van der Waals surface area contributed by atoms with Gasteiger partial charge in [-0.2, -0.15) is 0 Å². The van der Waals surface area contributed by atoms with Crippen molar-refractivity contribution < 1.29 is 51.2 Å². The number of fused-ring (bicyclic) bond motifs is 2. The average Bonchev–Trinajstić information content (AvgIpc) is 4.01. The van der Waals surface area contributed by atoms with E-state index in [2.05, 4.69) is 43.0 Å². The number of benzene rings is 4. The number of rotatable bonds is 24. The molecule has 0 aromatic heterocycles. The van der Waals surface area contributed by atoms with Crippen molar-refractivity contribution in [2.45, 2.75) is 70.5 Å². The molecule has 0 saturated carbocycles. The molecule has 4 aliphatic heterocycles. The molecule has 0 radical (unpaired) electrons. The van der Waals surface area contributed by atoms with Gasteiger partial charge >= 0.3 is 8.80 Å². The average molecular weight is 789 g/mol. The molecule has 302 valence electrons. The Labute approximate surface area is 331 Å². The van der Waals surface area contributed by atoms with Crippen LogP contribution in [-0.2, 0) is 45.1 Å². The molecule has 4 atom stereocenters. The zero-order chi connectivity index (χ0) is 38.7. The van der Waals surface area contributed by atoms with Gasteiger partial charge in [0.25, 0.3) is 0 Å². The molecular weight excluding hydrogens is 733 g/mol. The predicted octanol–water partition coefficient (Wildman–Crippen LogP) is 7.50. The molecule has 11 nitrogen and oxygen atoms in total. The van der Waals surface area contributed by atoms with Gasteiger partial charge in [0, 0.05) is 47.4 Å². The van der Waals surface area contributed by atoms with E-state index in [4.69, 9.17) is 51.2 Å². The van der Waals surface area contributed by atoms with Crippen molar-refractivity contribution in [2.75, 3.05) is 72.7 Å². The zero-order valence-electron chi connectivity index (χ0n) is 33.0. The highest BCUT2D eigenvalue weighted by Crippen LogP contribution is 2.38. The number of epoxide rings is 4. The highest BCUT2D eigenvalue weighted by atomic mass is 28.4. The van der Waals surface area contributed by atoms with E-state index >= 15 is 0 Å². The van der Waals surface area contributed by atoms with Crippen LogP contribution in [0.5, 0.6) is 23.0 Å². The largest absolute Gasteiger partial charge is 0.500 e. The van der Waals surface area contributed by atoms with E-state index in [-0.39, 0.29) is 24.4 Å². The molecule has 0 spiro atoms. The Hall–Kier alpha value is -3.72. The molecule has 4 fully saturated rings. The quantitative estimate of drug-likeness (QED) is 0.0400. The normalized spacial score (nSPS) is 20.6. The first-order chi connectivity index (χ1) is 27.5. The highest BCUT2D eigenvalue weighted by molar-refractivity contribution is 6.60. The number of hydrogen-bond donors (Lipinski definition) is 0. The van der Waals surface area contributed by atoms with E-state index in [9.17, 15) is 0 Å². The lowest BCUT2D eigenvalue weighted by Crippen LogP contribution is -2.46. The summed E-state index contributed by atoms with van der Waals surface area (Å²) in [4.78, 5) is 0. The van der Waals surface area contributed by atoms with Crippen LogP contribution in [0.25, 0.3) is 21.5 Å². The van der Waals surface area contributed by atoms with Crippen LogP contribution in [0.15, 0.2) is 73.3 Å². The minimum absolute atomic E-state index is 0.188. The summed E-state index contributed by atoms with van der Waals surface area (Å²) in [5, 5.41) is 4.24. The van der Waals surface area contributed by atoms with Gasteiger partial charge in [0.05, 0.1) is 26.4 Å². The first-order valence-corrected chi connectivity index (χ1v) is 22.1. The summed E-state index contributed by atoms with van der Waals surface area (Å²) in [6, 6.07) is 21.4. The Balaban J connectivity index is 0.000000182. The summed E-state index contributed by atoms with van der Waals surface area (Å²) in [6.07, 6.45) is 5.29. The first kappa shape index (κ1) is 40.5. The molecule has 56 heavy (non-hydrogen) atoms. The van der Waals surface area contributed by atoms with Crippen LogP contribution in [0.4, 0.5) is 0 Å². The van der Waals surface area contributed by atoms with Gasteiger partial charge in [0.2, 0.25) is 0 Å². The van der Waals surface area contributed by atoms with Gasteiger partial charge in [0.15, 0.2) is 0 Å². The lowest BCUT2D eigenvalue weighted by Gasteiger charge is -2.28. The summed E-state index contributed by atoms with van der Waals surface area (Å²) < 4.78 is 63.5. The smallest absolute Gasteiger partial charge is 0.490 e. The monoisotopic (exact) mass is 788 g/mol. The van der Waals surface area contributed by atoms with Crippen LogP contribution in [0.2, 0.25) is 6.04 Å². The summed E-state index contributed by atoms with van der Waals surface area (Å²) in [5.41, 5.74) is 2.30. The minimum Gasteiger partial charge on any atom is -0.490 e. The molecule has 4 aromatic rings. The van der Waals surface area contributed by atoms with Crippen LogP contribution in [0.1, 0.15) is 38.3 Å². The second kappa shape index (κ2) is 19.6. The van der Waals surface area contributed by atoms with Crippen molar-refractivity contribution in [3.8, 4) is 23.0 Å². The van der Waals surface area contributed by atoms with Crippen molar-refractivity contribution in [1.29, 1.82) is 0 Å². The lowest BCUT2D eigenvalue weighted by atomic mass is 10.0. The lowest BCUT2D eigenvalue weighted by molar-refractivity contribution is 0.0708. The van der Waals surface area contributed by atoms with Gasteiger partial charge in [-0.05, 0) is 63.3 Å². The number of allylic oxidation sites excluding steroid dienone is 1. The van der Waals surface area contributed by atoms with E-state index in [1.54, 1.807) is 0 Å². The van der Waals surface area contributed by atoms with Crippen molar-refractivity contribution in [1.82, 2.24) is 0 Å². The van der Waals surface area contributed by atoms with Crippen molar-refractivity contribution in [2.24, 2.45) is 0 Å². The zero-order valence-corrected chi connectivity index (χ0v) is 34.0. The maximum Gasteiger partial charge on any atom is 0.500 e. The second-order valence-corrected chi connectivity index (χ2v) is 16.9. The van der Waals surface area contributed by atoms with Crippen LogP contribution in [-0.4, -0.2) is 106 Å². The molecular formula is C44H56O11Si. The highest BCUT2D eigenvalue weighted by Gasteiger charge is 2.39. The third-order valence-corrected chi connectivity index (χ3v) is 12.9. The van der Waals surface area contributed by atoms with Gasteiger partial charge in [-0.1, -0.05) is 54.6 Å². The van der Waals surface area contributed by atoms with Gasteiger partial charge in [-0.25, -0.2) is 0 Å². The van der Waals surface area contributed by atoms with Gasteiger partial charge in [0.1, 0.15) is 73.8 Å². The predicted molar refractivity (Wildman–Crippen MR) is 216 cm³/mol. The van der Waals surface area contributed by atoms with E-state index in [1.165, 1.54) is 5.56 Å². The van der Waals surface area contributed by atoms with E-state index in [1.807, 2.05) is 51.1 Å². The Morgan fingerprint density at radius 1 is 0.571 bits per heavy atom. The Bertz CT molecular complexity index is 1870. The molecule has 12 heteroatoms. The maximum absolute atomic E-state index is 6.30. The van der Waals surface area contributed by atoms with Crippen LogP contribution in [0, 0.1) is 0 Å². The second-order valence-electron chi connectivity index (χ2n) is 14.2. The summed E-state index contributed by atoms with van der Waals surface area (Å²) in [6.45, 7) is 17.0. The van der Waals surface area contributed by atoms with Crippen LogP contribution in [0.3, 0.4) is 0 Å². The number of aryl methyl sites for hydroxylation is 1.